The summed E-state index contributed by atoms with van der Waals surface area (Å²) < 4.78 is 19.9. The number of aryl methyl sites for hydroxylation is 1. The molecule has 1 saturated heterocycles. The van der Waals surface area contributed by atoms with Crippen molar-refractivity contribution in [2.24, 2.45) is 0 Å². The molecule has 0 amide bonds. The van der Waals surface area contributed by atoms with Crippen molar-refractivity contribution in [3.05, 3.63) is 45.6 Å². The molecular weight excluding hydrogens is 380 g/mol. The molecule has 0 saturated carbocycles. The van der Waals surface area contributed by atoms with Crippen LogP contribution in [0, 0.1) is 6.92 Å². The smallest absolute Gasteiger partial charge is 0.197 e. The quantitative estimate of drug-likeness (QED) is 0.699. The third-order valence-corrected chi connectivity index (χ3v) is 5.95. The summed E-state index contributed by atoms with van der Waals surface area (Å²) in [6.07, 6.45) is 4.30. The first-order chi connectivity index (χ1) is 14.5. The number of nitrogens with zero attached hydrogens (tertiary/aromatic N) is 2. The molecule has 2 aliphatic rings. The first-order valence-corrected chi connectivity index (χ1v) is 10.9. The molecule has 1 aromatic heterocycles. The van der Waals surface area contributed by atoms with Gasteiger partial charge in [-0.15, -0.1) is 0 Å². The standard InChI is InChI=1S/C24H32N2O4/c1-17-22(27)15-23(30-16-20-6-4-5-12-28-20)26-10-9-18-14-19(29-13-11-25(2)3)7-8-21(18)24(17)26/h7-8,14-15,20H,4-6,9-13,16H2,1-3H3. The Balaban J connectivity index is 1.58. The highest BCUT2D eigenvalue weighted by Crippen LogP contribution is 2.35. The molecule has 3 heterocycles. The molecule has 0 spiro atoms. The molecule has 1 aromatic carbocycles. The lowest BCUT2D eigenvalue weighted by Crippen LogP contribution is -2.28. The van der Waals surface area contributed by atoms with E-state index in [0.29, 0.717) is 19.1 Å². The van der Waals surface area contributed by atoms with E-state index in [-0.39, 0.29) is 11.5 Å². The average Bonchev–Trinajstić information content (AvgIpc) is 2.75. The Bertz CT molecular complexity index is 945. The van der Waals surface area contributed by atoms with Crippen molar-refractivity contribution in [3.63, 3.8) is 0 Å². The van der Waals surface area contributed by atoms with Crippen LogP contribution in [-0.2, 0) is 17.7 Å². The van der Waals surface area contributed by atoms with Gasteiger partial charge >= 0.3 is 0 Å². The van der Waals surface area contributed by atoms with Gasteiger partial charge in [-0.2, -0.15) is 0 Å². The second-order valence-electron chi connectivity index (χ2n) is 8.49. The van der Waals surface area contributed by atoms with Gasteiger partial charge in [-0.25, -0.2) is 0 Å². The number of pyridine rings is 1. The zero-order valence-electron chi connectivity index (χ0n) is 18.3. The second kappa shape index (κ2) is 9.23. The molecule has 6 heteroatoms. The van der Waals surface area contributed by atoms with E-state index in [1.165, 1.54) is 12.0 Å². The Morgan fingerprint density at radius 2 is 2.07 bits per heavy atom. The fourth-order valence-electron chi connectivity index (χ4n) is 4.21. The number of rotatable bonds is 7. The highest BCUT2D eigenvalue weighted by Gasteiger charge is 2.23. The van der Waals surface area contributed by atoms with E-state index in [1.54, 1.807) is 6.07 Å². The summed E-state index contributed by atoms with van der Waals surface area (Å²) in [5.74, 6) is 1.53. The van der Waals surface area contributed by atoms with Gasteiger partial charge in [0, 0.05) is 36.9 Å². The molecule has 0 radical (unpaired) electrons. The van der Waals surface area contributed by atoms with Gasteiger partial charge in [-0.05, 0) is 70.5 Å². The zero-order chi connectivity index (χ0) is 21.1. The molecule has 0 bridgehead atoms. The minimum Gasteiger partial charge on any atom is -0.492 e. The molecule has 1 fully saturated rings. The van der Waals surface area contributed by atoms with Gasteiger partial charge in [0.05, 0.1) is 11.8 Å². The maximum Gasteiger partial charge on any atom is 0.197 e. The summed E-state index contributed by atoms with van der Waals surface area (Å²) in [5.41, 5.74) is 4.05. The summed E-state index contributed by atoms with van der Waals surface area (Å²) >= 11 is 0. The van der Waals surface area contributed by atoms with Crippen molar-refractivity contribution >= 4 is 0 Å². The van der Waals surface area contributed by atoms with Crippen LogP contribution in [0.25, 0.3) is 11.3 Å². The highest BCUT2D eigenvalue weighted by molar-refractivity contribution is 5.70. The first kappa shape index (κ1) is 20.9. The number of hydrogen-bond donors (Lipinski definition) is 0. The van der Waals surface area contributed by atoms with Crippen LogP contribution in [-0.4, -0.2) is 56.0 Å². The van der Waals surface area contributed by atoms with Gasteiger partial charge in [-0.3, -0.25) is 4.79 Å². The van der Waals surface area contributed by atoms with Crippen LogP contribution >= 0.6 is 0 Å². The van der Waals surface area contributed by atoms with Gasteiger partial charge in [0.2, 0.25) is 0 Å². The predicted octanol–water partition coefficient (Wildman–Crippen LogP) is 3.27. The van der Waals surface area contributed by atoms with Gasteiger partial charge in [0.25, 0.3) is 0 Å². The van der Waals surface area contributed by atoms with E-state index in [2.05, 4.69) is 21.6 Å². The fourth-order valence-corrected chi connectivity index (χ4v) is 4.21. The van der Waals surface area contributed by atoms with Crippen molar-refractivity contribution in [1.82, 2.24) is 9.47 Å². The molecule has 2 aromatic rings. The van der Waals surface area contributed by atoms with Crippen molar-refractivity contribution in [2.75, 3.05) is 40.5 Å². The van der Waals surface area contributed by atoms with Gasteiger partial charge in [0.1, 0.15) is 19.0 Å². The maximum absolute atomic E-state index is 12.7. The third-order valence-electron chi connectivity index (χ3n) is 5.95. The molecule has 0 N–H and O–H groups in total. The highest BCUT2D eigenvalue weighted by atomic mass is 16.5. The predicted molar refractivity (Wildman–Crippen MR) is 118 cm³/mol. The number of likely N-dealkylation sites (N-methyl/N-ethyl adjacent to an activating group) is 1. The number of aromatic nitrogens is 1. The summed E-state index contributed by atoms with van der Waals surface area (Å²) in [6.45, 7) is 5.51. The van der Waals surface area contributed by atoms with Crippen LogP contribution in [0.2, 0.25) is 0 Å². The van der Waals surface area contributed by atoms with E-state index in [4.69, 9.17) is 14.2 Å². The molecule has 0 aliphatic carbocycles. The molecular formula is C24H32N2O4. The van der Waals surface area contributed by atoms with Gasteiger partial charge < -0.3 is 23.7 Å². The molecule has 162 valence electrons. The molecule has 30 heavy (non-hydrogen) atoms. The Hall–Kier alpha value is -2.31. The SMILES string of the molecule is Cc1c2n(c(OCC3CCCCO3)cc1=O)CCc1cc(OCCN(C)C)ccc1-2. The molecule has 1 unspecified atom stereocenters. The lowest BCUT2D eigenvalue weighted by Gasteiger charge is -2.28. The topological polar surface area (TPSA) is 52.9 Å². The van der Waals surface area contributed by atoms with Gasteiger partial charge in [0.15, 0.2) is 11.3 Å². The summed E-state index contributed by atoms with van der Waals surface area (Å²) in [6, 6.07) is 7.82. The Morgan fingerprint density at radius 3 is 2.83 bits per heavy atom. The lowest BCUT2D eigenvalue weighted by atomic mass is 9.94. The van der Waals surface area contributed by atoms with E-state index >= 15 is 0 Å². The molecule has 2 aliphatic heterocycles. The second-order valence-corrected chi connectivity index (χ2v) is 8.49. The first-order valence-electron chi connectivity index (χ1n) is 10.9. The Labute approximate surface area is 178 Å². The van der Waals surface area contributed by atoms with Crippen LogP contribution in [0.4, 0.5) is 0 Å². The Kier molecular flexibility index (Phi) is 6.44. The van der Waals surface area contributed by atoms with Crippen LogP contribution < -0.4 is 14.9 Å². The molecule has 4 rings (SSSR count). The van der Waals surface area contributed by atoms with Crippen LogP contribution in [0.1, 0.15) is 30.4 Å². The largest absolute Gasteiger partial charge is 0.492 e. The fraction of sp³-hybridized carbons (Fsp3) is 0.542. The van der Waals surface area contributed by atoms with E-state index < -0.39 is 0 Å². The average molecular weight is 413 g/mol. The third kappa shape index (κ3) is 4.55. The number of fused-ring (bicyclic) bond motifs is 3. The molecule has 6 nitrogen and oxygen atoms in total. The number of benzene rings is 1. The van der Waals surface area contributed by atoms with Crippen molar-refractivity contribution < 1.29 is 14.2 Å². The molecule has 1 atom stereocenters. The number of hydrogen-bond acceptors (Lipinski definition) is 5. The summed E-state index contributed by atoms with van der Waals surface area (Å²) in [7, 11) is 4.07. The monoisotopic (exact) mass is 412 g/mol. The van der Waals surface area contributed by atoms with Crippen LogP contribution in [0.5, 0.6) is 11.6 Å². The summed E-state index contributed by atoms with van der Waals surface area (Å²) in [4.78, 5) is 14.8. The van der Waals surface area contributed by atoms with E-state index in [9.17, 15) is 4.79 Å². The summed E-state index contributed by atoms with van der Waals surface area (Å²) in [5, 5.41) is 0. The van der Waals surface area contributed by atoms with Crippen molar-refractivity contribution in [3.8, 4) is 22.9 Å². The van der Waals surface area contributed by atoms with Crippen molar-refractivity contribution in [2.45, 2.75) is 45.3 Å². The number of ether oxygens (including phenoxy) is 3. The normalized spacial score (nSPS) is 18.1. The van der Waals surface area contributed by atoms with Gasteiger partial charge in [-0.1, -0.05) is 0 Å². The van der Waals surface area contributed by atoms with E-state index in [1.807, 2.05) is 27.1 Å². The lowest BCUT2D eigenvalue weighted by molar-refractivity contribution is -0.0127. The van der Waals surface area contributed by atoms with Crippen LogP contribution in [0.3, 0.4) is 0 Å². The van der Waals surface area contributed by atoms with E-state index in [0.717, 1.165) is 61.5 Å². The van der Waals surface area contributed by atoms with Crippen molar-refractivity contribution in [1.29, 1.82) is 0 Å². The zero-order valence-corrected chi connectivity index (χ0v) is 18.3. The van der Waals surface area contributed by atoms with Crippen LogP contribution in [0.15, 0.2) is 29.1 Å². The minimum absolute atomic E-state index is 0.0139. The minimum atomic E-state index is 0.0139. The Morgan fingerprint density at radius 1 is 1.20 bits per heavy atom. The maximum atomic E-state index is 12.7.